The fourth-order valence-corrected chi connectivity index (χ4v) is 2.92. The molecule has 19 heavy (non-hydrogen) atoms. The van der Waals surface area contributed by atoms with Crippen LogP contribution in [0.5, 0.6) is 0 Å². The van der Waals surface area contributed by atoms with E-state index in [4.69, 9.17) is 11.6 Å². The van der Waals surface area contributed by atoms with Gasteiger partial charge in [-0.2, -0.15) is 0 Å². The van der Waals surface area contributed by atoms with Crippen LogP contribution in [0.25, 0.3) is 0 Å². The highest BCUT2D eigenvalue weighted by atomic mass is 35.5. The topological polar surface area (TPSA) is 16.1 Å². The second-order valence-corrected chi connectivity index (χ2v) is 5.53. The van der Waals surface area contributed by atoms with Crippen molar-refractivity contribution < 1.29 is 0 Å². The van der Waals surface area contributed by atoms with E-state index in [1.807, 2.05) is 12.1 Å². The predicted octanol–water partition coefficient (Wildman–Crippen LogP) is 3.72. The van der Waals surface area contributed by atoms with Crippen molar-refractivity contribution in [3.05, 3.63) is 64.9 Å². The van der Waals surface area contributed by atoms with E-state index in [2.05, 4.69) is 40.2 Å². The average molecular weight is 273 g/mol. The molecular formula is C16H17ClN2. The average Bonchev–Trinajstić information content (AvgIpc) is 2.88. The summed E-state index contributed by atoms with van der Waals surface area (Å²) in [6, 6.07) is 14.6. The number of likely N-dealkylation sites (tertiary alicyclic amines) is 1. The highest BCUT2D eigenvalue weighted by Gasteiger charge is 2.23. The summed E-state index contributed by atoms with van der Waals surface area (Å²) < 4.78 is 0. The Morgan fingerprint density at radius 1 is 1.21 bits per heavy atom. The zero-order valence-electron chi connectivity index (χ0n) is 10.8. The monoisotopic (exact) mass is 272 g/mol. The summed E-state index contributed by atoms with van der Waals surface area (Å²) >= 11 is 6.00. The summed E-state index contributed by atoms with van der Waals surface area (Å²) in [5.74, 6) is 0.653. The number of pyridine rings is 1. The maximum absolute atomic E-state index is 6.00. The Bertz CT molecular complexity index is 541. The van der Waals surface area contributed by atoms with Crippen molar-refractivity contribution in [2.24, 2.45) is 0 Å². The highest BCUT2D eigenvalue weighted by molar-refractivity contribution is 6.30. The van der Waals surface area contributed by atoms with Gasteiger partial charge in [-0.15, -0.1) is 0 Å². The van der Waals surface area contributed by atoms with Crippen LogP contribution in [-0.2, 0) is 6.54 Å². The molecule has 0 N–H and O–H groups in total. The highest BCUT2D eigenvalue weighted by Crippen LogP contribution is 2.27. The lowest BCUT2D eigenvalue weighted by atomic mass is 9.99. The van der Waals surface area contributed by atoms with Gasteiger partial charge in [-0.3, -0.25) is 9.88 Å². The molecule has 2 aromatic rings. The van der Waals surface area contributed by atoms with E-state index in [-0.39, 0.29) is 0 Å². The Labute approximate surface area is 119 Å². The van der Waals surface area contributed by atoms with Gasteiger partial charge in [0, 0.05) is 24.3 Å². The predicted molar refractivity (Wildman–Crippen MR) is 78.3 cm³/mol. The summed E-state index contributed by atoms with van der Waals surface area (Å²) in [7, 11) is 0. The molecule has 2 heterocycles. The van der Waals surface area contributed by atoms with E-state index < -0.39 is 0 Å². The van der Waals surface area contributed by atoms with Crippen molar-refractivity contribution in [3.63, 3.8) is 0 Å². The Hall–Kier alpha value is -1.38. The fraction of sp³-hybridized carbons (Fsp3) is 0.312. The zero-order chi connectivity index (χ0) is 13.1. The van der Waals surface area contributed by atoms with Crippen molar-refractivity contribution in [2.75, 3.05) is 13.1 Å². The van der Waals surface area contributed by atoms with Gasteiger partial charge in [-0.1, -0.05) is 41.9 Å². The molecule has 0 amide bonds. The van der Waals surface area contributed by atoms with Crippen molar-refractivity contribution in [2.45, 2.75) is 18.9 Å². The van der Waals surface area contributed by atoms with Crippen LogP contribution in [0.15, 0.2) is 48.7 Å². The number of aromatic nitrogens is 1. The van der Waals surface area contributed by atoms with Gasteiger partial charge < -0.3 is 0 Å². The van der Waals surface area contributed by atoms with Crippen LogP contribution in [0.3, 0.4) is 0 Å². The summed E-state index contributed by atoms with van der Waals surface area (Å²) in [5.41, 5.74) is 2.50. The molecule has 1 aliphatic rings. The third-order valence-electron chi connectivity index (χ3n) is 3.71. The van der Waals surface area contributed by atoms with Gasteiger partial charge in [-0.25, -0.2) is 0 Å². The molecule has 1 atom stereocenters. The number of nitrogens with zero attached hydrogens (tertiary/aromatic N) is 2. The standard InChI is InChI=1S/C16H17ClN2/c17-15-6-8-18-16(10-15)12-19-9-7-14(11-19)13-4-2-1-3-5-13/h1-6,8,10,14H,7,9,11-12H2. The maximum atomic E-state index is 6.00. The SMILES string of the molecule is Clc1ccnc(CN2CCC(c3ccccc3)C2)c1. The van der Waals surface area contributed by atoms with Crippen LogP contribution in [0.1, 0.15) is 23.6 Å². The molecule has 3 heteroatoms. The Morgan fingerprint density at radius 3 is 2.84 bits per heavy atom. The number of rotatable bonds is 3. The Morgan fingerprint density at radius 2 is 2.05 bits per heavy atom. The van der Waals surface area contributed by atoms with Crippen molar-refractivity contribution in [3.8, 4) is 0 Å². The second kappa shape index (κ2) is 5.72. The van der Waals surface area contributed by atoms with Crippen LogP contribution in [0.4, 0.5) is 0 Å². The number of hydrogen-bond acceptors (Lipinski definition) is 2. The molecule has 0 spiro atoms. The van der Waals surface area contributed by atoms with E-state index in [1.165, 1.54) is 12.0 Å². The Balaban J connectivity index is 1.63. The first-order chi connectivity index (χ1) is 9.31. The molecule has 0 radical (unpaired) electrons. The summed E-state index contributed by atoms with van der Waals surface area (Å²) in [6.07, 6.45) is 3.01. The van der Waals surface area contributed by atoms with E-state index in [0.29, 0.717) is 5.92 Å². The maximum Gasteiger partial charge on any atom is 0.0558 e. The largest absolute Gasteiger partial charge is 0.297 e. The molecule has 0 bridgehead atoms. The molecule has 1 aromatic heterocycles. The third-order valence-corrected chi connectivity index (χ3v) is 3.94. The van der Waals surface area contributed by atoms with Gasteiger partial charge in [0.25, 0.3) is 0 Å². The smallest absolute Gasteiger partial charge is 0.0558 e. The van der Waals surface area contributed by atoms with Crippen LogP contribution in [0.2, 0.25) is 5.02 Å². The van der Waals surface area contributed by atoms with Crippen molar-refractivity contribution >= 4 is 11.6 Å². The lowest BCUT2D eigenvalue weighted by molar-refractivity contribution is 0.323. The van der Waals surface area contributed by atoms with Gasteiger partial charge >= 0.3 is 0 Å². The van der Waals surface area contributed by atoms with Gasteiger partial charge in [0.2, 0.25) is 0 Å². The van der Waals surface area contributed by atoms with Gasteiger partial charge in [-0.05, 0) is 36.6 Å². The molecule has 0 aliphatic carbocycles. The van der Waals surface area contributed by atoms with Gasteiger partial charge in [0.15, 0.2) is 0 Å². The van der Waals surface area contributed by atoms with Crippen LogP contribution >= 0.6 is 11.6 Å². The molecular weight excluding hydrogens is 256 g/mol. The van der Waals surface area contributed by atoms with Crippen molar-refractivity contribution in [1.29, 1.82) is 0 Å². The quantitative estimate of drug-likeness (QED) is 0.846. The zero-order valence-corrected chi connectivity index (χ0v) is 11.6. The lowest BCUT2D eigenvalue weighted by Crippen LogP contribution is -2.20. The third kappa shape index (κ3) is 3.14. The van der Waals surface area contributed by atoms with E-state index in [9.17, 15) is 0 Å². The molecule has 0 saturated carbocycles. The minimum Gasteiger partial charge on any atom is -0.297 e. The van der Waals surface area contributed by atoms with Crippen LogP contribution < -0.4 is 0 Å². The van der Waals surface area contributed by atoms with E-state index >= 15 is 0 Å². The first kappa shape index (κ1) is 12.6. The molecule has 2 nitrogen and oxygen atoms in total. The molecule has 1 unspecified atom stereocenters. The summed E-state index contributed by atoms with van der Waals surface area (Å²) in [6.45, 7) is 3.13. The molecule has 1 fully saturated rings. The number of benzene rings is 1. The molecule has 98 valence electrons. The molecule has 3 rings (SSSR count). The normalized spacial score (nSPS) is 19.7. The number of hydrogen-bond donors (Lipinski definition) is 0. The fourth-order valence-electron chi connectivity index (χ4n) is 2.74. The molecule has 1 saturated heterocycles. The van der Waals surface area contributed by atoms with Crippen LogP contribution in [-0.4, -0.2) is 23.0 Å². The summed E-state index contributed by atoms with van der Waals surface area (Å²) in [5, 5.41) is 0.767. The van der Waals surface area contributed by atoms with Crippen molar-refractivity contribution in [1.82, 2.24) is 9.88 Å². The van der Waals surface area contributed by atoms with E-state index in [1.54, 1.807) is 6.20 Å². The van der Waals surface area contributed by atoms with E-state index in [0.717, 1.165) is 30.4 Å². The van der Waals surface area contributed by atoms with Gasteiger partial charge in [0.05, 0.1) is 5.69 Å². The Kier molecular flexibility index (Phi) is 3.81. The minimum atomic E-state index is 0.653. The molecule has 1 aromatic carbocycles. The minimum absolute atomic E-state index is 0.653. The summed E-state index contributed by atoms with van der Waals surface area (Å²) in [4.78, 5) is 6.83. The van der Waals surface area contributed by atoms with Gasteiger partial charge in [0.1, 0.15) is 0 Å². The van der Waals surface area contributed by atoms with Crippen LogP contribution in [0, 0.1) is 0 Å². The lowest BCUT2D eigenvalue weighted by Gasteiger charge is -2.15. The second-order valence-electron chi connectivity index (χ2n) is 5.10. The number of halogens is 1. The first-order valence-corrected chi connectivity index (χ1v) is 7.07. The first-order valence-electron chi connectivity index (χ1n) is 6.69. The molecule has 1 aliphatic heterocycles.